The minimum atomic E-state index is 0.426. The zero-order valence-electron chi connectivity index (χ0n) is 17.3. The van der Waals surface area contributed by atoms with E-state index in [1.54, 1.807) is 6.20 Å². The molecule has 9 nitrogen and oxygen atoms in total. The van der Waals surface area contributed by atoms with E-state index < -0.39 is 0 Å². The van der Waals surface area contributed by atoms with Gasteiger partial charge in [0.05, 0.1) is 36.3 Å². The maximum absolute atomic E-state index is 5.67. The lowest BCUT2D eigenvalue weighted by molar-refractivity contribution is 0.0183. The van der Waals surface area contributed by atoms with Crippen molar-refractivity contribution in [1.29, 1.82) is 0 Å². The second-order valence-electron chi connectivity index (χ2n) is 8.35. The zero-order valence-corrected chi connectivity index (χ0v) is 17.3. The number of hydrogen-bond acceptors (Lipinski definition) is 7. The first-order chi connectivity index (χ1) is 15.3. The van der Waals surface area contributed by atoms with E-state index >= 15 is 0 Å². The molecule has 2 aliphatic rings. The van der Waals surface area contributed by atoms with Gasteiger partial charge in [-0.15, -0.1) is 10.2 Å². The number of aromatic nitrogens is 6. The van der Waals surface area contributed by atoms with Gasteiger partial charge in [0, 0.05) is 48.5 Å². The Morgan fingerprint density at radius 3 is 2.71 bits per heavy atom. The van der Waals surface area contributed by atoms with Gasteiger partial charge in [-0.3, -0.25) is 5.10 Å². The summed E-state index contributed by atoms with van der Waals surface area (Å²) in [5.74, 6) is 0.895. The largest absolute Gasteiger partial charge is 0.378 e. The minimum absolute atomic E-state index is 0.426. The van der Waals surface area contributed by atoms with E-state index in [-0.39, 0.29) is 0 Å². The van der Waals surface area contributed by atoms with Crippen molar-refractivity contribution in [3.05, 3.63) is 48.9 Å². The molecule has 4 aromatic rings. The molecule has 9 heteroatoms. The van der Waals surface area contributed by atoms with Crippen LogP contribution < -0.4 is 10.2 Å². The molecule has 0 radical (unpaired) electrons. The molecule has 1 unspecified atom stereocenters. The lowest BCUT2D eigenvalue weighted by atomic mass is 9.92. The van der Waals surface area contributed by atoms with Gasteiger partial charge in [-0.1, -0.05) is 0 Å². The summed E-state index contributed by atoms with van der Waals surface area (Å²) in [5.41, 5.74) is 3.69. The van der Waals surface area contributed by atoms with Crippen molar-refractivity contribution < 1.29 is 4.74 Å². The molecular formula is C22H24N8O. The second-order valence-corrected chi connectivity index (χ2v) is 8.35. The Hall–Kier alpha value is -3.30. The van der Waals surface area contributed by atoms with Crippen LogP contribution in [0.15, 0.2) is 48.9 Å². The van der Waals surface area contributed by atoms with E-state index in [4.69, 9.17) is 4.74 Å². The Kier molecular flexibility index (Phi) is 4.43. The van der Waals surface area contributed by atoms with Crippen LogP contribution in [0.2, 0.25) is 0 Å². The smallest absolute Gasteiger partial charge is 0.151 e. The van der Waals surface area contributed by atoms with Crippen LogP contribution in [-0.4, -0.2) is 68.6 Å². The van der Waals surface area contributed by atoms with Gasteiger partial charge in [0.2, 0.25) is 0 Å². The summed E-state index contributed by atoms with van der Waals surface area (Å²) in [6.45, 7) is 1.58. The van der Waals surface area contributed by atoms with Crippen molar-refractivity contribution in [2.75, 3.05) is 25.2 Å². The summed E-state index contributed by atoms with van der Waals surface area (Å²) in [6, 6.07) is 11.4. The average Bonchev–Trinajstić information content (AvgIpc) is 3.50. The number of rotatable bonds is 4. The fraction of sp³-hybridized carbons (Fsp3) is 0.364. The van der Waals surface area contributed by atoms with Crippen molar-refractivity contribution in [2.45, 2.75) is 31.0 Å². The van der Waals surface area contributed by atoms with Crippen LogP contribution in [0.1, 0.15) is 12.8 Å². The van der Waals surface area contributed by atoms with Crippen molar-refractivity contribution in [3.8, 4) is 16.9 Å². The first kappa shape index (κ1) is 18.5. The normalized spacial score (nSPS) is 23.2. The molecule has 2 fully saturated rings. The minimum Gasteiger partial charge on any atom is -0.378 e. The Morgan fingerprint density at radius 1 is 1.10 bits per heavy atom. The number of nitrogens with one attached hydrogen (secondary N) is 2. The highest BCUT2D eigenvalue weighted by atomic mass is 16.5. The van der Waals surface area contributed by atoms with Crippen molar-refractivity contribution in [2.24, 2.45) is 0 Å². The predicted molar refractivity (Wildman–Crippen MR) is 117 cm³/mol. The van der Waals surface area contributed by atoms with Gasteiger partial charge in [0.1, 0.15) is 0 Å². The first-order valence-electron chi connectivity index (χ1n) is 10.6. The Bertz CT molecular complexity index is 1170. The number of H-pyrrole nitrogens is 1. The number of aromatic amines is 1. The topological polar surface area (TPSA) is 96.8 Å². The fourth-order valence-electron chi connectivity index (χ4n) is 4.81. The molecule has 3 aromatic heterocycles. The summed E-state index contributed by atoms with van der Waals surface area (Å²) >= 11 is 0. The monoisotopic (exact) mass is 416 g/mol. The van der Waals surface area contributed by atoms with Crippen LogP contribution >= 0.6 is 0 Å². The van der Waals surface area contributed by atoms with Crippen molar-refractivity contribution >= 4 is 16.7 Å². The summed E-state index contributed by atoms with van der Waals surface area (Å²) in [4.78, 5) is 2.26. The molecule has 0 aliphatic carbocycles. The average molecular weight is 416 g/mol. The van der Waals surface area contributed by atoms with E-state index in [2.05, 4.69) is 54.9 Å². The lowest BCUT2D eigenvalue weighted by Gasteiger charge is -2.43. The van der Waals surface area contributed by atoms with Gasteiger partial charge in [0.25, 0.3) is 0 Å². The molecule has 0 saturated carbocycles. The van der Waals surface area contributed by atoms with Gasteiger partial charge in [-0.25, -0.2) is 4.68 Å². The van der Waals surface area contributed by atoms with E-state index in [0.717, 1.165) is 59.7 Å². The fourth-order valence-corrected chi connectivity index (χ4v) is 4.81. The number of morpholine rings is 1. The quantitative estimate of drug-likeness (QED) is 0.526. The van der Waals surface area contributed by atoms with Gasteiger partial charge >= 0.3 is 0 Å². The van der Waals surface area contributed by atoms with Crippen LogP contribution in [-0.2, 0) is 4.74 Å². The number of nitrogens with zero attached hydrogens (tertiary/aromatic N) is 6. The molecule has 158 valence electrons. The molecule has 2 aliphatic heterocycles. The van der Waals surface area contributed by atoms with Crippen LogP contribution in [0.5, 0.6) is 0 Å². The van der Waals surface area contributed by atoms with Gasteiger partial charge in [-0.2, -0.15) is 10.2 Å². The van der Waals surface area contributed by atoms with Crippen LogP contribution in [0.25, 0.3) is 27.8 Å². The first-order valence-corrected chi connectivity index (χ1v) is 10.6. The van der Waals surface area contributed by atoms with Crippen LogP contribution in [0.4, 0.5) is 5.82 Å². The summed E-state index contributed by atoms with van der Waals surface area (Å²) in [7, 11) is 2.11. The number of ether oxygens (including phenoxy) is 1. The molecular weight excluding hydrogens is 392 g/mol. The maximum atomic E-state index is 5.67. The van der Waals surface area contributed by atoms with E-state index in [1.165, 1.54) is 0 Å². The third kappa shape index (κ3) is 3.26. The molecule has 2 N–H and O–H groups in total. The Morgan fingerprint density at radius 2 is 1.97 bits per heavy atom. The second kappa shape index (κ2) is 7.44. The molecule has 31 heavy (non-hydrogen) atoms. The highest BCUT2D eigenvalue weighted by Crippen LogP contribution is 2.31. The van der Waals surface area contributed by atoms with Crippen LogP contribution in [0, 0.1) is 0 Å². The number of benzene rings is 1. The highest BCUT2D eigenvalue weighted by Gasteiger charge is 2.34. The predicted octanol–water partition coefficient (Wildman–Crippen LogP) is 2.16. The summed E-state index contributed by atoms with van der Waals surface area (Å²) < 4.78 is 7.50. The number of hydrogen-bond donors (Lipinski definition) is 2. The molecule has 5 heterocycles. The van der Waals surface area contributed by atoms with E-state index in [1.807, 2.05) is 35.3 Å². The van der Waals surface area contributed by atoms with Crippen LogP contribution in [0.3, 0.4) is 0 Å². The van der Waals surface area contributed by atoms with Crippen molar-refractivity contribution in [3.63, 3.8) is 0 Å². The Balaban J connectivity index is 1.28. The van der Waals surface area contributed by atoms with Gasteiger partial charge in [-0.05, 0) is 43.2 Å². The summed E-state index contributed by atoms with van der Waals surface area (Å²) in [6.07, 6.45) is 7.62. The van der Waals surface area contributed by atoms with Gasteiger partial charge < -0.3 is 15.0 Å². The number of anilines is 1. The maximum Gasteiger partial charge on any atom is 0.151 e. The third-order valence-electron chi connectivity index (χ3n) is 6.40. The summed E-state index contributed by atoms with van der Waals surface area (Å²) in [5, 5.41) is 25.5. The lowest BCUT2D eigenvalue weighted by Crippen LogP contribution is -2.58. The van der Waals surface area contributed by atoms with Crippen molar-refractivity contribution in [1.82, 2.24) is 35.5 Å². The molecule has 3 atom stereocenters. The number of fused-ring (bicyclic) bond motifs is 3. The molecule has 2 saturated heterocycles. The molecule has 6 rings (SSSR count). The van der Waals surface area contributed by atoms with E-state index in [0.29, 0.717) is 18.1 Å². The number of piperidine rings is 1. The Labute approximate surface area is 179 Å². The zero-order chi connectivity index (χ0) is 20.8. The van der Waals surface area contributed by atoms with Gasteiger partial charge in [0.15, 0.2) is 5.82 Å². The molecule has 0 spiro atoms. The standard InChI is InChI=1S/C22H24N8O/c1-29(16-9-14-12-31-13-15(10-16)25-14)21-6-4-19(26-27-21)17-3-5-20(30-8-2-7-24-30)22-18(17)11-23-28-22/h2-8,11,14-16,25H,9-10,12-13H2,1H3,(H,23,28)/t14-,15+,16?. The molecule has 0 amide bonds. The molecule has 1 aromatic carbocycles. The van der Waals surface area contributed by atoms with E-state index in [9.17, 15) is 0 Å². The SMILES string of the molecule is CN(c1ccc(-c2ccc(-n3cccn3)c3[nH]ncc23)nn1)C1C[C@H]2COC[C@@H](C1)N2. The molecule has 2 bridgehead atoms. The third-order valence-corrected chi connectivity index (χ3v) is 6.40. The highest BCUT2D eigenvalue weighted by molar-refractivity contribution is 5.97.